The second-order valence-electron chi connectivity index (χ2n) is 6.36. The molecule has 0 aromatic heterocycles. The number of nitrogens with one attached hydrogen (secondary N) is 1. The highest BCUT2D eigenvalue weighted by Crippen LogP contribution is 2.18. The summed E-state index contributed by atoms with van der Waals surface area (Å²) in [5.41, 5.74) is 1.17. The van der Waals surface area contributed by atoms with Gasteiger partial charge in [0.2, 0.25) is 0 Å². The van der Waals surface area contributed by atoms with E-state index in [1.54, 1.807) is 38.3 Å². The summed E-state index contributed by atoms with van der Waals surface area (Å²) in [4.78, 5) is 24.2. The first-order chi connectivity index (χ1) is 13.5. The maximum absolute atomic E-state index is 12.2. The van der Waals surface area contributed by atoms with E-state index in [4.69, 9.17) is 14.2 Å². The minimum atomic E-state index is -0.889. The third-order valence-corrected chi connectivity index (χ3v) is 4.38. The lowest BCUT2D eigenvalue weighted by atomic mass is 9.96. The quantitative estimate of drug-likeness (QED) is 0.635. The van der Waals surface area contributed by atoms with Crippen molar-refractivity contribution in [3.63, 3.8) is 0 Å². The SMILES string of the molecule is CC[C@H](CNC(=O)[C@H](C)OC(=O)COc1ccc(OC)cc1)c1ccccc1. The number of benzene rings is 2. The van der Waals surface area contributed by atoms with Crippen LogP contribution in [-0.2, 0) is 14.3 Å². The molecule has 28 heavy (non-hydrogen) atoms. The summed E-state index contributed by atoms with van der Waals surface area (Å²) in [6, 6.07) is 16.8. The topological polar surface area (TPSA) is 73.9 Å². The van der Waals surface area contributed by atoms with E-state index >= 15 is 0 Å². The molecule has 2 aromatic carbocycles. The standard InChI is InChI=1S/C22H27NO5/c1-4-17(18-8-6-5-7-9-18)14-23-22(25)16(2)28-21(24)15-27-20-12-10-19(26-3)11-13-20/h5-13,16-17H,4,14-15H2,1-3H3,(H,23,25)/t16-,17+/m0/s1. The van der Waals surface area contributed by atoms with Gasteiger partial charge < -0.3 is 19.5 Å². The van der Waals surface area contributed by atoms with Crippen LogP contribution in [0.3, 0.4) is 0 Å². The molecule has 0 saturated carbocycles. The Bertz CT molecular complexity index is 745. The number of methoxy groups -OCH3 is 1. The lowest BCUT2D eigenvalue weighted by Gasteiger charge is -2.18. The van der Waals surface area contributed by atoms with Crippen LogP contribution >= 0.6 is 0 Å². The predicted molar refractivity (Wildman–Crippen MR) is 107 cm³/mol. The van der Waals surface area contributed by atoms with Crippen molar-refractivity contribution in [2.24, 2.45) is 0 Å². The van der Waals surface area contributed by atoms with Crippen molar-refractivity contribution in [3.05, 3.63) is 60.2 Å². The summed E-state index contributed by atoms with van der Waals surface area (Å²) >= 11 is 0. The van der Waals surface area contributed by atoms with Crippen molar-refractivity contribution in [2.45, 2.75) is 32.3 Å². The van der Waals surface area contributed by atoms with Crippen molar-refractivity contribution in [3.8, 4) is 11.5 Å². The van der Waals surface area contributed by atoms with Gasteiger partial charge in [-0.3, -0.25) is 4.79 Å². The maximum Gasteiger partial charge on any atom is 0.344 e. The van der Waals surface area contributed by atoms with Crippen LogP contribution in [-0.4, -0.2) is 38.2 Å². The van der Waals surface area contributed by atoms with Gasteiger partial charge in [-0.2, -0.15) is 0 Å². The summed E-state index contributed by atoms with van der Waals surface area (Å²) in [6.07, 6.45) is 0.00833. The maximum atomic E-state index is 12.2. The minimum absolute atomic E-state index is 0.214. The van der Waals surface area contributed by atoms with Crippen LogP contribution in [0.25, 0.3) is 0 Å². The van der Waals surface area contributed by atoms with E-state index in [9.17, 15) is 9.59 Å². The monoisotopic (exact) mass is 385 g/mol. The van der Waals surface area contributed by atoms with E-state index in [1.807, 2.05) is 30.3 Å². The molecule has 0 fully saturated rings. The highest BCUT2D eigenvalue weighted by Gasteiger charge is 2.19. The number of hydrogen-bond acceptors (Lipinski definition) is 5. The fraction of sp³-hybridized carbons (Fsp3) is 0.364. The second-order valence-corrected chi connectivity index (χ2v) is 6.36. The molecule has 0 heterocycles. The Hall–Kier alpha value is -3.02. The minimum Gasteiger partial charge on any atom is -0.497 e. The van der Waals surface area contributed by atoms with E-state index in [-0.39, 0.29) is 18.4 Å². The molecule has 6 nitrogen and oxygen atoms in total. The first-order valence-corrected chi connectivity index (χ1v) is 9.32. The molecule has 2 atom stereocenters. The van der Waals surface area contributed by atoms with Gasteiger partial charge in [0.25, 0.3) is 5.91 Å². The molecule has 0 saturated heterocycles. The Morgan fingerprint density at radius 1 is 1.00 bits per heavy atom. The lowest BCUT2D eigenvalue weighted by Crippen LogP contribution is -2.38. The smallest absolute Gasteiger partial charge is 0.344 e. The van der Waals surface area contributed by atoms with Gasteiger partial charge in [0.15, 0.2) is 12.7 Å². The molecular weight excluding hydrogens is 358 g/mol. The third kappa shape index (κ3) is 6.61. The molecule has 2 aromatic rings. The van der Waals surface area contributed by atoms with Crippen LogP contribution in [0, 0.1) is 0 Å². The first kappa shape index (κ1) is 21.3. The van der Waals surface area contributed by atoms with E-state index in [0.717, 1.165) is 6.42 Å². The van der Waals surface area contributed by atoms with Crippen LogP contribution in [0.2, 0.25) is 0 Å². The largest absolute Gasteiger partial charge is 0.497 e. The molecule has 0 bridgehead atoms. The molecule has 0 aliphatic heterocycles. The zero-order valence-electron chi connectivity index (χ0n) is 16.5. The number of amides is 1. The molecular formula is C22H27NO5. The van der Waals surface area contributed by atoms with E-state index in [0.29, 0.717) is 18.0 Å². The zero-order chi connectivity index (χ0) is 20.4. The lowest BCUT2D eigenvalue weighted by molar-refractivity contribution is -0.156. The molecule has 1 N–H and O–H groups in total. The average Bonchev–Trinajstić information content (AvgIpc) is 2.73. The van der Waals surface area contributed by atoms with Gasteiger partial charge in [0.1, 0.15) is 11.5 Å². The normalized spacial score (nSPS) is 12.5. The molecule has 1 amide bonds. The van der Waals surface area contributed by atoms with Crippen molar-refractivity contribution in [1.29, 1.82) is 0 Å². The number of carbonyl (C=O) groups excluding carboxylic acids is 2. The Morgan fingerprint density at radius 2 is 1.64 bits per heavy atom. The molecule has 150 valence electrons. The Labute approximate surface area is 165 Å². The Balaban J connectivity index is 1.75. The van der Waals surface area contributed by atoms with E-state index in [2.05, 4.69) is 12.2 Å². The molecule has 0 aliphatic rings. The van der Waals surface area contributed by atoms with Gasteiger partial charge >= 0.3 is 5.97 Å². The van der Waals surface area contributed by atoms with Crippen molar-refractivity contribution >= 4 is 11.9 Å². The van der Waals surface area contributed by atoms with Crippen LogP contribution < -0.4 is 14.8 Å². The van der Waals surface area contributed by atoms with Gasteiger partial charge in [0.05, 0.1) is 7.11 Å². The number of ether oxygens (including phenoxy) is 3. The highest BCUT2D eigenvalue weighted by molar-refractivity contribution is 5.83. The number of esters is 1. The fourth-order valence-corrected chi connectivity index (χ4v) is 2.69. The van der Waals surface area contributed by atoms with Gasteiger partial charge in [-0.05, 0) is 43.2 Å². The van der Waals surface area contributed by atoms with Crippen LogP contribution in [0.1, 0.15) is 31.7 Å². The summed E-state index contributed by atoms with van der Waals surface area (Å²) in [5.74, 6) is 0.497. The van der Waals surface area contributed by atoms with Crippen LogP contribution in [0.4, 0.5) is 0 Å². The Morgan fingerprint density at radius 3 is 2.25 bits per heavy atom. The average molecular weight is 385 g/mol. The summed E-state index contributed by atoms with van der Waals surface area (Å²) in [7, 11) is 1.57. The van der Waals surface area contributed by atoms with E-state index < -0.39 is 12.1 Å². The van der Waals surface area contributed by atoms with Gasteiger partial charge in [-0.1, -0.05) is 37.3 Å². The fourth-order valence-electron chi connectivity index (χ4n) is 2.69. The highest BCUT2D eigenvalue weighted by atomic mass is 16.6. The summed E-state index contributed by atoms with van der Waals surface area (Å²) < 4.78 is 15.6. The van der Waals surface area contributed by atoms with Crippen LogP contribution in [0.15, 0.2) is 54.6 Å². The third-order valence-electron chi connectivity index (χ3n) is 4.38. The van der Waals surface area contributed by atoms with Crippen LogP contribution in [0.5, 0.6) is 11.5 Å². The summed E-state index contributed by atoms with van der Waals surface area (Å²) in [5, 5.41) is 2.85. The molecule has 0 spiro atoms. The number of rotatable bonds is 10. The molecule has 0 unspecified atom stereocenters. The van der Waals surface area contributed by atoms with E-state index in [1.165, 1.54) is 5.56 Å². The molecule has 6 heteroatoms. The second kappa shape index (κ2) is 11.0. The Kier molecular flexibility index (Phi) is 8.34. The van der Waals surface area contributed by atoms with Gasteiger partial charge in [-0.15, -0.1) is 0 Å². The molecule has 0 aliphatic carbocycles. The van der Waals surface area contributed by atoms with Crippen molar-refractivity contribution in [2.75, 3.05) is 20.3 Å². The first-order valence-electron chi connectivity index (χ1n) is 9.32. The molecule has 0 radical (unpaired) electrons. The number of carbonyl (C=O) groups is 2. The predicted octanol–water partition coefficient (Wildman–Crippen LogP) is 3.32. The van der Waals surface area contributed by atoms with Gasteiger partial charge in [-0.25, -0.2) is 4.79 Å². The number of hydrogen-bond donors (Lipinski definition) is 1. The van der Waals surface area contributed by atoms with Crippen molar-refractivity contribution in [1.82, 2.24) is 5.32 Å². The summed E-state index contributed by atoms with van der Waals surface area (Å²) in [6.45, 7) is 3.84. The van der Waals surface area contributed by atoms with Crippen molar-refractivity contribution < 1.29 is 23.8 Å². The molecule has 2 rings (SSSR count). The zero-order valence-corrected chi connectivity index (χ0v) is 16.5. The van der Waals surface area contributed by atoms with Gasteiger partial charge in [0, 0.05) is 12.5 Å².